The van der Waals surface area contributed by atoms with Crippen molar-refractivity contribution in [3.63, 3.8) is 0 Å². The number of carbonyl (C=O) groups is 1. The Balaban J connectivity index is 2.60. The first kappa shape index (κ1) is 9.94. The highest BCUT2D eigenvalue weighted by Gasteiger charge is 2.30. The summed E-state index contributed by atoms with van der Waals surface area (Å²) in [5, 5.41) is 8.76. The van der Waals surface area contributed by atoms with Gasteiger partial charge in [-0.3, -0.25) is 0 Å². The summed E-state index contributed by atoms with van der Waals surface area (Å²) in [6.45, 7) is 0. The Morgan fingerprint density at radius 3 is 3.00 bits per heavy atom. The number of cyclic esters (lactones) is 1. The van der Waals surface area contributed by atoms with Gasteiger partial charge in [0.25, 0.3) is 0 Å². The number of carbonyl (C=O) groups excluding carboxylic acids is 1. The smallest absolute Gasteiger partial charge is 0.341 e. The molecule has 1 aliphatic rings. The third-order valence-electron chi connectivity index (χ3n) is 2.19. The van der Waals surface area contributed by atoms with Crippen LogP contribution in [-0.2, 0) is 11.2 Å². The van der Waals surface area contributed by atoms with E-state index in [1.165, 1.54) is 12.1 Å². The van der Waals surface area contributed by atoms with Crippen molar-refractivity contribution in [1.82, 2.24) is 0 Å². The van der Waals surface area contributed by atoms with Gasteiger partial charge in [-0.2, -0.15) is 5.26 Å². The van der Waals surface area contributed by atoms with E-state index in [-0.39, 0.29) is 22.6 Å². The van der Waals surface area contributed by atoms with Crippen molar-refractivity contribution in [2.24, 2.45) is 0 Å². The Morgan fingerprint density at radius 2 is 2.33 bits per heavy atom. The Labute approximate surface area is 90.0 Å². The highest BCUT2D eigenvalue weighted by molar-refractivity contribution is 6.33. The summed E-state index contributed by atoms with van der Waals surface area (Å²) in [4.78, 5) is 11.4. The third-order valence-corrected chi connectivity index (χ3v) is 2.51. The summed E-state index contributed by atoms with van der Waals surface area (Å²) in [5.41, 5.74) is 0.188. The predicted molar refractivity (Wildman–Crippen MR) is 49.9 cm³/mol. The van der Waals surface area contributed by atoms with Crippen molar-refractivity contribution in [2.45, 2.75) is 12.5 Å². The minimum atomic E-state index is -0.932. The molecule has 1 unspecified atom stereocenters. The molecule has 0 fully saturated rings. The van der Waals surface area contributed by atoms with Gasteiger partial charge >= 0.3 is 5.97 Å². The second-order valence-electron chi connectivity index (χ2n) is 3.11. The van der Waals surface area contributed by atoms with Crippen LogP contribution in [0, 0.1) is 17.1 Å². The van der Waals surface area contributed by atoms with E-state index in [1.807, 2.05) is 0 Å². The van der Waals surface area contributed by atoms with Crippen LogP contribution in [0.25, 0.3) is 0 Å². The SMILES string of the molecule is N#CC1Cc2c(F)ccc(Cl)c2C(=O)O1. The molecule has 5 heteroatoms. The van der Waals surface area contributed by atoms with Crippen LogP contribution in [-0.4, -0.2) is 12.1 Å². The first-order valence-electron chi connectivity index (χ1n) is 4.21. The zero-order chi connectivity index (χ0) is 11.0. The first-order chi connectivity index (χ1) is 7.13. The highest BCUT2D eigenvalue weighted by Crippen LogP contribution is 2.29. The summed E-state index contributed by atoms with van der Waals surface area (Å²) in [7, 11) is 0. The minimum absolute atomic E-state index is 0.0307. The van der Waals surface area contributed by atoms with Crippen LogP contribution in [0.1, 0.15) is 15.9 Å². The van der Waals surface area contributed by atoms with Crippen molar-refractivity contribution in [1.29, 1.82) is 5.26 Å². The lowest BCUT2D eigenvalue weighted by atomic mass is 9.98. The van der Waals surface area contributed by atoms with Gasteiger partial charge in [0, 0.05) is 12.0 Å². The van der Waals surface area contributed by atoms with Gasteiger partial charge < -0.3 is 4.74 Å². The van der Waals surface area contributed by atoms with Gasteiger partial charge in [-0.1, -0.05) is 11.6 Å². The molecule has 0 aromatic heterocycles. The normalized spacial score (nSPS) is 19.0. The topological polar surface area (TPSA) is 50.1 Å². The number of halogens is 2. The maximum atomic E-state index is 13.4. The third kappa shape index (κ3) is 1.55. The number of nitriles is 1. The number of nitrogens with zero attached hydrogens (tertiary/aromatic N) is 1. The molecule has 1 aromatic rings. The van der Waals surface area contributed by atoms with Crippen LogP contribution in [0.2, 0.25) is 5.02 Å². The summed E-state index contributed by atoms with van der Waals surface area (Å²) in [6.07, 6.45) is -0.887. The quantitative estimate of drug-likeness (QED) is 0.635. The molecule has 0 bridgehead atoms. The predicted octanol–water partition coefficient (Wildman–Crippen LogP) is 2.08. The largest absolute Gasteiger partial charge is 0.443 e. The molecule has 0 spiro atoms. The Bertz CT molecular complexity index is 481. The fraction of sp³-hybridized carbons (Fsp3) is 0.200. The average molecular weight is 226 g/mol. The molecule has 1 heterocycles. The molecule has 0 saturated carbocycles. The summed E-state index contributed by atoms with van der Waals surface area (Å²) < 4.78 is 18.1. The lowest BCUT2D eigenvalue weighted by molar-refractivity contribution is 0.0367. The van der Waals surface area contributed by atoms with Gasteiger partial charge in [0.05, 0.1) is 10.6 Å². The number of ether oxygens (including phenoxy) is 1. The summed E-state index contributed by atoms with van der Waals surface area (Å²) in [6, 6.07) is 4.24. The molecule has 0 radical (unpaired) electrons. The molecular weight excluding hydrogens is 221 g/mol. The van der Waals surface area contributed by atoms with Crippen molar-refractivity contribution < 1.29 is 13.9 Å². The lowest BCUT2D eigenvalue weighted by Gasteiger charge is -2.20. The van der Waals surface area contributed by atoms with Crippen LogP contribution < -0.4 is 0 Å². The van der Waals surface area contributed by atoms with E-state index in [4.69, 9.17) is 21.6 Å². The van der Waals surface area contributed by atoms with E-state index in [0.717, 1.165) is 0 Å². The zero-order valence-corrected chi connectivity index (χ0v) is 8.21. The van der Waals surface area contributed by atoms with Crippen LogP contribution in [0.15, 0.2) is 12.1 Å². The summed E-state index contributed by atoms with van der Waals surface area (Å²) >= 11 is 5.75. The highest BCUT2D eigenvalue weighted by atomic mass is 35.5. The van der Waals surface area contributed by atoms with E-state index < -0.39 is 17.9 Å². The van der Waals surface area contributed by atoms with Crippen LogP contribution >= 0.6 is 11.6 Å². The van der Waals surface area contributed by atoms with Crippen LogP contribution in [0.4, 0.5) is 4.39 Å². The molecule has 3 nitrogen and oxygen atoms in total. The van der Waals surface area contributed by atoms with Gasteiger partial charge in [-0.25, -0.2) is 9.18 Å². The Morgan fingerprint density at radius 1 is 1.60 bits per heavy atom. The van der Waals surface area contributed by atoms with Crippen LogP contribution in [0.5, 0.6) is 0 Å². The molecular formula is C10H5ClFNO2. The van der Waals surface area contributed by atoms with Crippen molar-refractivity contribution in [3.05, 3.63) is 34.1 Å². The average Bonchev–Trinajstić information content (AvgIpc) is 2.23. The molecule has 1 aromatic carbocycles. The van der Waals surface area contributed by atoms with Crippen LogP contribution in [0.3, 0.4) is 0 Å². The maximum absolute atomic E-state index is 13.4. The number of hydrogen-bond acceptors (Lipinski definition) is 3. The number of esters is 1. The first-order valence-corrected chi connectivity index (χ1v) is 4.58. The zero-order valence-electron chi connectivity index (χ0n) is 7.46. The molecule has 1 atom stereocenters. The fourth-order valence-electron chi connectivity index (χ4n) is 1.50. The number of hydrogen-bond donors (Lipinski definition) is 0. The molecule has 0 N–H and O–H groups in total. The second kappa shape index (κ2) is 3.52. The minimum Gasteiger partial charge on any atom is -0.443 e. The van der Waals surface area contributed by atoms with E-state index in [2.05, 4.69) is 0 Å². The van der Waals surface area contributed by atoms with E-state index in [1.54, 1.807) is 6.07 Å². The van der Waals surface area contributed by atoms with Gasteiger partial charge in [-0.15, -0.1) is 0 Å². The maximum Gasteiger partial charge on any atom is 0.341 e. The molecule has 76 valence electrons. The van der Waals surface area contributed by atoms with Crippen molar-refractivity contribution in [2.75, 3.05) is 0 Å². The van der Waals surface area contributed by atoms with Crippen molar-refractivity contribution >= 4 is 17.6 Å². The molecule has 1 aliphatic heterocycles. The Kier molecular flexibility index (Phi) is 2.33. The number of rotatable bonds is 0. The van der Waals surface area contributed by atoms with Gasteiger partial charge in [0.15, 0.2) is 6.10 Å². The van der Waals surface area contributed by atoms with E-state index in [9.17, 15) is 9.18 Å². The lowest BCUT2D eigenvalue weighted by Crippen LogP contribution is -2.27. The monoisotopic (exact) mass is 225 g/mol. The van der Waals surface area contributed by atoms with Gasteiger partial charge in [0.2, 0.25) is 0 Å². The molecule has 0 aliphatic carbocycles. The van der Waals surface area contributed by atoms with E-state index >= 15 is 0 Å². The molecule has 2 rings (SSSR count). The molecule has 0 amide bonds. The number of benzene rings is 1. The molecule has 0 saturated heterocycles. The van der Waals surface area contributed by atoms with Gasteiger partial charge in [0.1, 0.15) is 11.9 Å². The van der Waals surface area contributed by atoms with Crippen molar-refractivity contribution in [3.8, 4) is 6.07 Å². The van der Waals surface area contributed by atoms with Gasteiger partial charge in [-0.05, 0) is 12.1 Å². The second-order valence-corrected chi connectivity index (χ2v) is 3.52. The number of fused-ring (bicyclic) bond motifs is 1. The molecule has 15 heavy (non-hydrogen) atoms. The standard InChI is InChI=1S/C10H5ClFNO2/c11-7-1-2-8(12)6-3-5(4-13)15-10(14)9(6)7/h1-2,5H,3H2. The van der Waals surface area contributed by atoms with E-state index in [0.29, 0.717) is 0 Å². The fourth-order valence-corrected chi connectivity index (χ4v) is 1.76. The Hall–Kier alpha value is -1.60. The summed E-state index contributed by atoms with van der Waals surface area (Å²) in [5.74, 6) is -1.28.